The first-order valence-corrected chi connectivity index (χ1v) is 9.72. The fourth-order valence-electron chi connectivity index (χ4n) is 2.74. The van der Waals surface area contributed by atoms with Crippen LogP contribution in [0.5, 0.6) is 0 Å². The van der Waals surface area contributed by atoms with E-state index >= 15 is 0 Å². The lowest BCUT2D eigenvalue weighted by Gasteiger charge is -2.12. The van der Waals surface area contributed by atoms with Crippen molar-refractivity contribution in [3.63, 3.8) is 0 Å². The molecule has 1 unspecified atom stereocenters. The second kappa shape index (κ2) is 7.37. The second-order valence-corrected chi connectivity index (χ2v) is 7.61. The largest absolute Gasteiger partial charge is 0.350 e. The van der Waals surface area contributed by atoms with Crippen LogP contribution >= 0.6 is 11.6 Å². The van der Waals surface area contributed by atoms with Crippen molar-refractivity contribution in [3.8, 4) is 0 Å². The summed E-state index contributed by atoms with van der Waals surface area (Å²) in [5, 5.41) is 3.02. The zero-order valence-electron chi connectivity index (χ0n) is 13.5. The molecule has 0 radical (unpaired) electrons. The maximum absolute atomic E-state index is 11.9. The average Bonchev–Trinajstić information content (AvgIpc) is 3.00. The van der Waals surface area contributed by atoms with Crippen LogP contribution in [0.1, 0.15) is 24.1 Å². The molecule has 0 aliphatic carbocycles. The lowest BCUT2D eigenvalue weighted by atomic mass is 9.99. The molecule has 25 heavy (non-hydrogen) atoms. The standard InChI is InChI=1S/C18H17ClN2O3S/c1-25(24)13-5-2-11(3-6-13)14(10-12-4-9-17(22)20-12)16-8-7-15(19)18(23)21-16/h2-3,5-8,10,12H,4,9H2,1H3,(H,20,22)(H,21,23)/t12-,25?/m1/s1. The van der Waals surface area contributed by atoms with Gasteiger partial charge in [0, 0.05) is 45.7 Å². The van der Waals surface area contributed by atoms with E-state index in [0.717, 1.165) is 16.0 Å². The summed E-state index contributed by atoms with van der Waals surface area (Å²) in [4.78, 5) is 26.9. The predicted molar refractivity (Wildman–Crippen MR) is 99.1 cm³/mol. The summed E-state index contributed by atoms with van der Waals surface area (Å²) < 4.78 is 11.6. The third kappa shape index (κ3) is 4.08. The van der Waals surface area contributed by atoms with Gasteiger partial charge in [-0.25, -0.2) is 0 Å². The molecule has 0 saturated carbocycles. The molecule has 0 spiro atoms. The van der Waals surface area contributed by atoms with E-state index in [9.17, 15) is 13.8 Å². The Labute approximate surface area is 152 Å². The highest BCUT2D eigenvalue weighted by Gasteiger charge is 2.20. The average molecular weight is 377 g/mol. The first-order valence-electron chi connectivity index (χ1n) is 7.78. The first kappa shape index (κ1) is 17.6. The molecule has 130 valence electrons. The molecule has 1 aliphatic heterocycles. The number of H-pyrrole nitrogens is 1. The molecule has 2 atom stereocenters. The fourth-order valence-corrected chi connectivity index (χ4v) is 3.37. The molecule has 2 heterocycles. The van der Waals surface area contributed by atoms with Crippen molar-refractivity contribution < 1.29 is 9.00 Å². The number of carbonyl (C=O) groups excluding carboxylic acids is 1. The van der Waals surface area contributed by atoms with Gasteiger partial charge in [0.2, 0.25) is 5.91 Å². The maximum Gasteiger partial charge on any atom is 0.267 e. The van der Waals surface area contributed by atoms with Crippen LogP contribution in [-0.4, -0.2) is 27.4 Å². The van der Waals surface area contributed by atoms with Crippen molar-refractivity contribution in [2.75, 3.05) is 6.26 Å². The van der Waals surface area contributed by atoms with Gasteiger partial charge in [-0.15, -0.1) is 0 Å². The third-order valence-corrected chi connectivity index (χ3v) is 5.28. The molecule has 2 aromatic rings. The van der Waals surface area contributed by atoms with Crippen LogP contribution < -0.4 is 10.9 Å². The van der Waals surface area contributed by atoms with Gasteiger partial charge in [-0.05, 0) is 36.2 Å². The van der Waals surface area contributed by atoms with Crippen LogP contribution in [0.4, 0.5) is 0 Å². The van der Waals surface area contributed by atoms with Crippen LogP contribution in [0.2, 0.25) is 5.02 Å². The highest BCUT2D eigenvalue weighted by atomic mass is 35.5. The Bertz CT molecular complexity index is 919. The number of aromatic amines is 1. The molecular formula is C18H17ClN2O3S. The Kier molecular flexibility index (Phi) is 5.20. The molecule has 5 nitrogen and oxygen atoms in total. The lowest BCUT2D eigenvalue weighted by molar-refractivity contribution is -0.119. The quantitative estimate of drug-likeness (QED) is 0.860. The van der Waals surface area contributed by atoms with Crippen LogP contribution in [0, 0.1) is 0 Å². The molecule has 1 saturated heterocycles. The van der Waals surface area contributed by atoms with Gasteiger partial charge < -0.3 is 10.3 Å². The number of benzene rings is 1. The van der Waals surface area contributed by atoms with Gasteiger partial charge in [-0.1, -0.05) is 29.8 Å². The zero-order chi connectivity index (χ0) is 18.0. The number of carbonyl (C=O) groups is 1. The monoisotopic (exact) mass is 376 g/mol. The number of pyridine rings is 1. The Hall–Kier alpha value is -2.18. The second-order valence-electron chi connectivity index (χ2n) is 5.82. The van der Waals surface area contributed by atoms with Gasteiger partial charge in [0.05, 0.1) is 0 Å². The van der Waals surface area contributed by atoms with E-state index < -0.39 is 10.8 Å². The predicted octanol–water partition coefficient (Wildman–Crippen LogP) is 2.48. The molecule has 2 N–H and O–H groups in total. The van der Waals surface area contributed by atoms with Gasteiger partial charge in [-0.2, -0.15) is 0 Å². The van der Waals surface area contributed by atoms with Crippen LogP contribution in [0.25, 0.3) is 5.57 Å². The van der Waals surface area contributed by atoms with Crippen molar-refractivity contribution in [1.29, 1.82) is 0 Å². The Morgan fingerprint density at radius 1 is 1.20 bits per heavy atom. The highest BCUT2D eigenvalue weighted by molar-refractivity contribution is 7.84. The minimum atomic E-state index is -1.06. The number of halogens is 1. The minimum Gasteiger partial charge on any atom is -0.350 e. The van der Waals surface area contributed by atoms with E-state index in [1.165, 1.54) is 0 Å². The molecule has 1 aliphatic rings. The molecular weight excluding hydrogens is 360 g/mol. The maximum atomic E-state index is 11.9. The number of nitrogens with one attached hydrogen (secondary N) is 2. The summed E-state index contributed by atoms with van der Waals surface area (Å²) >= 11 is 5.82. The van der Waals surface area contributed by atoms with Crippen molar-refractivity contribution in [3.05, 3.63) is 69.1 Å². The summed E-state index contributed by atoms with van der Waals surface area (Å²) in [6.07, 6.45) is 4.75. The summed E-state index contributed by atoms with van der Waals surface area (Å²) in [7, 11) is -1.06. The van der Waals surface area contributed by atoms with Crippen LogP contribution in [0.15, 0.2) is 52.2 Å². The number of rotatable bonds is 4. The molecule has 7 heteroatoms. The van der Waals surface area contributed by atoms with Crippen molar-refractivity contribution in [2.24, 2.45) is 0 Å². The molecule has 1 amide bonds. The van der Waals surface area contributed by atoms with Gasteiger partial charge in [0.25, 0.3) is 5.56 Å². The fraction of sp³-hybridized carbons (Fsp3) is 0.222. The Balaban J connectivity index is 2.06. The molecule has 1 aromatic carbocycles. The smallest absolute Gasteiger partial charge is 0.267 e. The Morgan fingerprint density at radius 2 is 1.92 bits per heavy atom. The van der Waals surface area contributed by atoms with Crippen LogP contribution in [-0.2, 0) is 15.6 Å². The SMILES string of the molecule is CS(=O)c1ccc(C(=C[C@H]2CCC(=O)N2)c2ccc(Cl)c(=O)[nH]2)cc1. The number of hydrogen-bond donors (Lipinski definition) is 2. The van der Waals surface area contributed by atoms with E-state index in [1.54, 1.807) is 30.5 Å². The number of hydrogen-bond acceptors (Lipinski definition) is 3. The summed E-state index contributed by atoms with van der Waals surface area (Å²) in [5.41, 5.74) is 1.88. The molecule has 0 bridgehead atoms. The van der Waals surface area contributed by atoms with E-state index in [-0.39, 0.29) is 22.5 Å². The number of amides is 1. The van der Waals surface area contributed by atoms with Gasteiger partial charge in [-0.3, -0.25) is 13.8 Å². The summed E-state index contributed by atoms with van der Waals surface area (Å²) in [6, 6.07) is 10.5. The molecule has 1 fully saturated rings. The summed E-state index contributed by atoms with van der Waals surface area (Å²) in [6.45, 7) is 0. The molecule has 3 rings (SSSR count). The zero-order valence-corrected chi connectivity index (χ0v) is 15.1. The van der Waals surface area contributed by atoms with Gasteiger partial charge >= 0.3 is 0 Å². The lowest BCUT2D eigenvalue weighted by Crippen LogP contribution is -2.23. The van der Waals surface area contributed by atoms with E-state index in [2.05, 4.69) is 10.3 Å². The van der Waals surface area contributed by atoms with E-state index in [4.69, 9.17) is 11.6 Å². The van der Waals surface area contributed by atoms with Crippen molar-refractivity contribution in [1.82, 2.24) is 10.3 Å². The Morgan fingerprint density at radius 3 is 2.48 bits per heavy atom. The topological polar surface area (TPSA) is 79.0 Å². The normalized spacial score (nSPS) is 18.9. The van der Waals surface area contributed by atoms with Crippen molar-refractivity contribution >= 4 is 33.9 Å². The van der Waals surface area contributed by atoms with Crippen LogP contribution in [0.3, 0.4) is 0 Å². The first-order chi connectivity index (χ1) is 11.9. The third-order valence-electron chi connectivity index (χ3n) is 4.05. The van der Waals surface area contributed by atoms with Crippen molar-refractivity contribution in [2.45, 2.75) is 23.8 Å². The summed E-state index contributed by atoms with van der Waals surface area (Å²) in [5.74, 6) is 0.0157. The van der Waals surface area contributed by atoms with Gasteiger partial charge in [0.1, 0.15) is 5.02 Å². The minimum absolute atomic E-state index is 0.0157. The molecule has 1 aromatic heterocycles. The number of aromatic nitrogens is 1. The van der Waals surface area contributed by atoms with E-state index in [0.29, 0.717) is 18.5 Å². The highest BCUT2D eigenvalue weighted by Crippen LogP contribution is 2.25. The van der Waals surface area contributed by atoms with Gasteiger partial charge in [0.15, 0.2) is 0 Å². The van der Waals surface area contributed by atoms with E-state index in [1.807, 2.05) is 18.2 Å².